The zero-order chi connectivity index (χ0) is 30.8. The molecule has 0 radical (unpaired) electrons. The average molecular weight is 608 g/mol. The predicted octanol–water partition coefficient (Wildman–Crippen LogP) is 7.51. The highest BCUT2D eigenvalue weighted by atomic mass is 35.5. The second-order valence-corrected chi connectivity index (χ2v) is 12.9. The van der Waals surface area contributed by atoms with Crippen LogP contribution in [0.2, 0.25) is 5.02 Å². The summed E-state index contributed by atoms with van der Waals surface area (Å²) in [4.78, 5) is 19.9. The number of amides is 1. The van der Waals surface area contributed by atoms with Crippen LogP contribution in [0.3, 0.4) is 0 Å². The molecule has 3 aromatic carbocycles. The topological polar surface area (TPSA) is 45.3 Å². The molecule has 0 bridgehead atoms. The van der Waals surface area contributed by atoms with Crippen LogP contribution in [0.4, 0.5) is 15.8 Å². The summed E-state index contributed by atoms with van der Waals surface area (Å²) in [5.41, 5.74) is 3.69. The van der Waals surface area contributed by atoms with Crippen molar-refractivity contribution in [1.29, 1.82) is 0 Å². The fraction of sp³-hybridized carbons (Fsp3) is 0.457. The lowest BCUT2D eigenvalue weighted by atomic mass is 9.85. The van der Waals surface area contributed by atoms with Gasteiger partial charge in [-0.15, -0.1) is 0 Å². The Balaban J connectivity index is 1.48. The molecule has 3 aromatic rings. The highest BCUT2D eigenvalue weighted by Gasteiger charge is 2.36. The number of nitrogens with zero attached hydrogens (tertiary/aromatic N) is 3. The molecule has 1 heterocycles. The Kier molecular flexibility index (Phi) is 9.52. The van der Waals surface area contributed by atoms with Gasteiger partial charge in [-0.1, -0.05) is 23.7 Å². The Bertz CT molecular complexity index is 1440. The smallest absolute Gasteiger partial charge is 0.232 e. The summed E-state index contributed by atoms with van der Waals surface area (Å²) in [6, 6.07) is 16.6. The Morgan fingerprint density at radius 1 is 0.977 bits per heavy atom. The molecule has 0 N–H and O–H groups in total. The Morgan fingerprint density at radius 3 is 2.28 bits per heavy atom. The number of methoxy groups -OCH3 is 1. The maximum atomic E-state index is 15.8. The molecule has 0 saturated heterocycles. The van der Waals surface area contributed by atoms with Gasteiger partial charge in [-0.3, -0.25) is 4.79 Å². The van der Waals surface area contributed by atoms with Crippen molar-refractivity contribution in [2.45, 2.75) is 64.1 Å². The number of hydrogen-bond acceptors (Lipinski definition) is 5. The van der Waals surface area contributed by atoms with Crippen molar-refractivity contribution in [1.82, 2.24) is 4.90 Å². The summed E-state index contributed by atoms with van der Waals surface area (Å²) in [5, 5.41) is 0.602. The van der Waals surface area contributed by atoms with Crippen LogP contribution in [0.1, 0.15) is 62.3 Å². The Labute approximate surface area is 260 Å². The monoisotopic (exact) mass is 607 g/mol. The van der Waals surface area contributed by atoms with Crippen molar-refractivity contribution in [3.63, 3.8) is 0 Å². The minimum Gasteiger partial charge on any atom is -0.493 e. The third-order valence-corrected chi connectivity index (χ3v) is 9.09. The van der Waals surface area contributed by atoms with Crippen LogP contribution in [-0.4, -0.2) is 57.8 Å². The van der Waals surface area contributed by atoms with Gasteiger partial charge >= 0.3 is 0 Å². The molecule has 6 nitrogen and oxygen atoms in total. The number of benzene rings is 3. The molecule has 8 heteroatoms. The summed E-state index contributed by atoms with van der Waals surface area (Å²) in [5.74, 6) is 1.26. The second-order valence-electron chi connectivity index (χ2n) is 12.4. The average Bonchev–Trinajstić information content (AvgIpc) is 2.96. The van der Waals surface area contributed by atoms with E-state index < -0.39 is 6.04 Å². The van der Waals surface area contributed by atoms with E-state index in [9.17, 15) is 4.79 Å². The van der Waals surface area contributed by atoms with Crippen LogP contribution < -0.4 is 19.3 Å². The van der Waals surface area contributed by atoms with E-state index in [-0.39, 0.29) is 24.2 Å². The Hall–Kier alpha value is -3.29. The molecule has 230 valence electrons. The van der Waals surface area contributed by atoms with Gasteiger partial charge in [0.1, 0.15) is 5.82 Å². The third kappa shape index (κ3) is 6.78. The SMILES string of the molecule is COc1cc2c(cc1OC(C)C)[C@H](c1ccc(Cl)cc1)N(c1ccc(N(C)C[C@H]3CC[C@H](N(C)C)CC3)c(F)c1)C(=O)C2. The highest BCUT2D eigenvalue weighted by molar-refractivity contribution is 6.30. The number of rotatable bonds is 9. The van der Waals surface area contributed by atoms with E-state index in [2.05, 4.69) is 19.0 Å². The van der Waals surface area contributed by atoms with Crippen LogP contribution in [0.25, 0.3) is 0 Å². The lowest BCUT2D eigenvalue weighted by Gasteiger charge is -2.38. The van der Waals surface area contributed by atoms with Crippen LogP contribution in [0, 0.1) is 11.7 Å². The van der Waals surface area contributed by atoms with E-state index in [0.717, 1.165) is 36.1 Å². The zero-order valence-electron chi connectivity index (χ0n) is 26.1. The van der Waals surface area contributed by atoms with Crippen molar-refractivity contribution in [3.05, 3.63) is 82.1 Å². The van der Waals surface area contributed by atoms with Crippen molar-refractivity contribution in [2.75, 3.05) is 44.6 Å². The normalized spacial score (nSPS) is 20.4. The van der Waals surface area contributed by atoms with Gasteiger partial charge < -0.3 is 24.2 Å². The quantitative estimate of drug-likeness (QED) is 0.252. The van der Waals surface area contributed by atoms with Crippen molar-refractivity contribution in [2.24, 2.45) is 5.92 Å². The minimum absolute atomic E-state index is 0.0658. The van der Waals surface area contributed by atoms with Crippen molar-refractivity contribution in [3.8, 4) is 11.5 Å². The van der Waals surface area contributed by atoms with E-state index in [0.29, 0.717) is 39.9 Å². The van der Waals surface area contributed by atoms with Crippen LogP contribution in [-0.2, 0) is 11.2 Å². The largest absolute Gasteiger partial charge is 0.493 e. The summed E-state index contributed by atoms with van der Waals surface area (Å²) >= 11 is 6.24. The number of carbonyl (C=O) groups is 1. The first-order valence-corrected chi connectivity index (χ1v) is 15.6. The minimum atomic E-state index is -0.496. The van der Waals surface area contributed by atoms with E-state index in [1.807, 2.05) is 68.3 Å². The van der Waals surface area contributed by atoms with Gasteiger partial charge in [0.25, 0.3) is 0 Å². The maximum Gasteiger partial charge on any atom is 0.232 e. The van der Waals surface area contributed by atoms with E-state index >= 15 is 4.39 Å². The van der Waals surface area contributed by atoms with E-state index in [1.54, 1.807) is 18.1 Å². The number of anilines is 2. The van der Waals surface area contributed by atoms with Gasteiger partial charge in [0.05, 0.1) is 31.4 Å². The molecular weight excluding hydrogens is 565 g/mol. The molecule has 0 spiro atoms. The molecule has 5 rings (SSSR count). The number of halogens is 2. The molecule has 1 saturated carbocycles. The molecular formula is C35H43ClFN3O3. The van der Waals surface area contributed by atoms with Gasteiger partial charge in [-0.2, -0.15) is 0 Å². The number of carbonyl (C=O) groups excluding carboxylic acids is 1. The second kappa shape index (κ2) is 13.1. The van der Waals surface area contributed by atoms with Crippen LogP contribution in [0.5, 0.6) is 11.5 Å². The van der Waals surface area contributed by atoms with Crippen LogP contribution in [0.15, 0.2) is 54.6 Å². The molecule has 1 amide bonds. The molecule has 0 aromatic heterocycles. The lowest BCUT2D eigenvalue weighted by molar-refractivity contribution is -0.118. The first kappa shape index (κ1) is 31.1. The fourth-order valence-corrected chi connectivity index (χ4v) is 6.74. The Morgan fingerprint density at radius 2 is 1.67 bits per heavy atom. The number of ether oxygens (including phenoxy) is 2. The fourth-order valence-electron chi connectivity index (χ4n) is 6.61. The first-order valence-electron chi connectivity index (χ1n) is 15.2. The summed E-state index contributed by atoms with van der Waals surface area (Å²) < 4.78 is 27.6. The molecule has 43 heavy (non-hydrogen) atoms. The summed E-state index contributed by atoms with van der Waals surface area (Å²) in [6.07, 6.45) is 4.73. The van der Waals surface area contributed by atoms with Gasteiger partial charge in [-0.25, -0.2) is 4.39 Å². The molecule has 1 aliphatic carbocycles. The zero-order valence-corrected chi connectivity index (χ0v) is 26.8. The number of fused-ring (bicyclic) bond motifs is 1. The maximum absolute atomic E-state index is 15.8. The summed E-state index contributed by atoms with van der Waals surface area (Å²) in [7, 11) is 7.84. The third-order valence-electron chi connectivity index (χ3n) is 8.84. The van der Waals surface area contributed by atoms with Gasteiger partial charge in [0, 0.05) is 30.3 Å². The molecule has 1 atom stereocenters. The predicted molar refractivity (Wildman–Crippen MR) is 172 cm³/mol. The number of hydrogen-bond donors (Lipinski definition) is 0. The molecule has 2 aliphatic rings. The standard InChI is InChI=1S/C35H43ClFN3O3/c1-22(2)43-33-20-29-25(17-32(33)42-6)18-34(41)40(35(29)24-9-11-26(36)12-10-24)28-15-16-31(30(37)19-28)39(5)21-23-7-13-27(14-8-23)38(3)4/h9-12,15-17,19-20,22-23,27,35H,7-8,13-14,18,21H2,1-6H3/t23-,27-,35-/m0/s1. The lowest BCUT2D eigenvalue weighted by Crippen LogP contribution is -2.41. The van der Waals surface area contributed by atoms with Crippen molar-refractivity contribution >= 4 is 28.9 Å². The van der Waals surface area contributed by atoms with Gasteiger partial charge in [0.2, 0.25) is 5.91 Å². The van der Waals surface area contributed by atoms with Crippen molar-refractivity contribution < 1.29 is 18.7 Å². The highest BCUT2D eigenvalue weighted by Crippen LogP contribution is 2.44. The molecule has 0 unspecified atom stereocenters. The van der Waals surface area contributed by atoms with Gasteiger partial charge in [0.15, 0.2) is 11.5 Å². The summed E-state index contributed by atoms with van der Waals surface area (Å²) in [6.45, 7) is 4.73. The van der Waals surface area contributed by atoms with Gasteiger partial charge in [-0.05, 0) is 119 Å². The molecule has 1 aliphatic heterocycles. The van der Waals surface area contributed by atoms with Crippen LogP contribution >= 0.6 is 11.6 Å². The van der Waals surface area contributed by atoms with E-state index in [4.69, 9.17) is 21.1 Å². The first-order chi connectivity index (χ1) is 20.5. The van der Waals surface area contributed by atoms with E-state index in [1.165, 1.54) is 18.9 Å². The molecule has 1 fully saturated rings.